The lowest BCUT2D eigenvalue weighted by molar-refractivity contribution is -0.383. The first-order chi connectivity index (χ1) is 7.65. The lowest BCUT2D eigenvalue weighted by Crippen LogP contribution is -2.12. The van der Waals surface area contributed by atoms with Crippen molar-refractivity contribution in [2.24, 2.45) is 0 Å². The van der Waals surface area contributed by atoms with Crippen LogP contribution in [0.1, 0.15) is 12.8 Å². The molecule has 0 spiro atoms. The van der Waals surface area contributed by atoms with Crippen LogP contribution in [0.15, 0.2) is 24.3 Å². The van der Waals surface area contributed by atoms with Gasteiger partial charge < -0.3 is 5.32 Å². The van der Waals surface area contributed by atoms with E-state index in [2.05, 4.69) is 21.2 Å². The summed E-state index contributed by atoms with van der Waals surface area (Å²) in [5.41, 5.74) is 0.154. The van der Waals surface area contributed by atoms with Crippen molar-refractivity contribution in [3.8, 4) is 0 Å². The molecule has 0 bridgehead atoms. The summed E-state index contributed by atoms with van der Waals surface area (Å²) < 4.78 is 0. The summed E-state index contributed by atoms with van der Waals surface area (Å²) in [5, 5.41) is 13.9. The number of nitrogens with one attached hydrogen (secondary N) is 1. The van der Waals surface area contributed by atoms with Crippen molar-refractivity contribution in [3.63, 3.8) is 0 Å². The Morgan fingerprint density at radius 2 is 2.12 bits per heavy atom. The fraction of sp³-hybridized carbons (Fsp3) is 0.300. The molecule has 16 heavy (non-hydrogen) atoms. The van der Waals surface area contributed by atoms with Gasteiger partial charge in [0.15, 0.2) is 0 Å². The second kappa shape index (κ2) is 6.22. The number of rotatable bonds is 5. The van der Waals surface area contributed by atoms with E-state index in [1.165, 1.54) is 12.1 Å². The van der Waals surface area contributed by atoms with Crippen LogP contribution in [0.25, 0.3) is 0 Å². The Balaban J connectivity index is 2.73. The predicted molar refractivity (Wildman–Crippen MR) is 64.8 cm³/mol. The van der Waals surface area contributed by atoms with E-state index in [4.69, 9.17) is 0 Å². The van der Waals surface area contributed by atoms with Crippen molar-refractivity contribution >= 4 is 33.2 Å². The fourth-order valence-corrected chi connectivity index (χ4v) is 1.46. The van der Waals surface area contributed by atoms with Crippen molar-refractivity contribution in [2.45, 2.75) is 12.8 Å². The van der Waals surface area contributed by atoms with E-state index in [1.807, 2.05) is 0 Å². The van der Waals surface area contributed by atoms with Gasteiger partial charge in [0.25, 0.3) is 5.69 Å². The number of alkyl halides is 1. The number of hydrogen-bond acceptors (Lipinski definition) is 3. The molecule has 0 heterocycles. The fourth-order valence-electron chi connectivity index (χ4n) is 1.18. The third-order valence-electron chi connectivity index (χ3n) is 1.91. The van der Waals surface area contributed by atoms with E-state index in [0.29, 0.717) is 12.8 Å². The lowest BCUT2D eigenvalue weighted by Gasteiger charge is -2.04. The van der Waals surface area contributed by atoms with Crippen LogP contribution in [0, 0.1) is 10.1 Å². The second-order valence-corrected chi connectivity index (χ2v) is 3.91. The molecule has 0 fully saturated rings. The normalized spacial score (nSPS) is 9.81. The number of nitro benzene ring substituents is 1. The summed E-state index contributed by atoms with van der Waals surface area (Å²) in [7, 11) is 0. The van der Waals surface area contributed by atoms with Gasteiger partial charge in [-0.1, -0.05) is 28.1 Å². The van der Waals surface area contributed by atoms with Crippen LogP contribution in [0.2, 0.25) is 0 Å². The van der Waals surface area contributed by atoms with E-state index in [1.54, 1.807) is 12.1 Å². The highest BCUT2D eigenvalue weighted by atomic mass is 79.9. The third-order valence-corrected chi connectivity index (χ3v) is 2.47. The summed E-state index contributed by atoms with van der Waals surface area (Å²) >= 11 is 3.21. The van der Waals surface area contributed by atoms with Gasteiger partial charge in [0.2, 0.25) is 5.91 Å². The molecule has 0 saturated carbocycles. The highest BCUT2D eigenvalue weighted by Gasteiger charge is 2.13. The van der Waals surface area contributed by atoms with Gasteiger partial charge in [0.1, 0.15) is 5.69 Å². The predicted octanol–water partition coefficient (Wildman–Crippen LogP) is 2.71. The molecular formula is C10H11BrN2O3. The first-order valence-corrected chi connectivity index (χ1v) is 5.86. The smallest absolute Gasteiger partial charge is 0.292 e. The molecule has 5 nitrogen and oxygen atoms in total. The molecular weight excluding hydrogens is 276 g/mol. The van der Waals surface area contributed by atoms with Crippen LogP contribution in [0.5, 0.6) is 0 Å². The number of nitro groups is 1. The molecule has 0 saturated heterocycles. The number of benzene rings is 1. The van der Waals surface area contributed by atoms with Gasteiger partial charge in [-0.15, -0.1) is 0 Å². The van der Waals surface area contributed by atoms with Crippen LogP contribution < -0.4 is 5.32 Å². The topological polar surface area (TPSA) is 72.2 Å². The Morgan fingerprint density at radius 3 is 2.75 bits per heavy atom. The zero-order valence-electron chi connectivity index (χ0n) is 8.48. The molecule has 0 aromatic heterocycles. The van der Waals surface area contributed by atoms with Crippen LogP contribution in [-0.4, -0.2) is 16.2 Å². The molecule has 86 valence electrons. The van der Waals surface area contributed by atoms with Gasteiger partial charge in [-0.3, -0.25) is 14.9 Å². The minimum Gasteiger partial charge on any atom is -0.320 e. The van der Waals surface area contributed by atoms with Gasteiger partial charge in [-0.2, -0.15) is 0 Å². The number of hydrogen-bond donors (Lipinski definition) is 1. The average Bonchev–Trinajstić information content (AvgIpc) is 2.27. The van der Waals surface area contributed by atoms with Crippen LogP contribution in [0.3, 0.4) is 0 Å². The Bertz CT molecular complexity index is 395. The van der Waals surface area contributed by atoms with Crippen molar-refractivity contribution in [1.29, 1.82) is 0 Å². The summed E-state index contributed by atoms with van der Waals surface area (Å²) in [6.45, 7) is 0. The zero-order valence-corrected chi connectivity index (χ0v) is 10.1. The summed E-state index contributed by atoms with van der Waals surface area (Å²) in [4.78, 5) is 21.5. The minimum absolute atomic E-state index is 0.0882. The first-order valence-electron chi connectivity index (χ1n) is 4.74. The number of amides is 1. The van der Waals surface area contributed by atoms with E-state index in [0.717, 1.165) is 5.33 Å². The van der Waals surface area contributed by atoms with Gasteiger partial charge in [0, 0.05) is 17.8 Å². The van der Waals surface area contributed by atoms with Crippen LogP contribution in [0.4, 0.5) is 11.4 Å². The average molecular weight is 287 g/mol. The standard InChI is InChI=1S/C10H11BrN2O3/c11-7-3-6-10(14)12-8-4-1-2-5-9(8)13(15)16/h1-2,4-5H,3,6-7H2,(H,12,14). The van der Waals surface area contributed by atoms with Gasteiger partial charge in [0.05, 0.1) is 4.92 Å². The summed E-state index contributed by atoms with van der Waals surface area (Å²) in [5.74, 6) is -0.214. The van der Waals surface area contributed by atoms with Crippen molar-refractivity contribution in [1.82, 2.24) is 0 Å². The second-order valence-electron chi connectivity index (χ2n) is 3.11. The van der Waals surface area contributed by atoms with Crippen LogP contribution >= 0.6 is 15.9 Å². The lowest BCUT2D eigenvalue weighted by atomic mass is 10.2. The summed E-state index contributed by atoms with van der Waals surface area (Å²) in [6.07, 6.45) is 1.05. The van der Waals surface area contributed by atoms with Crippen molar-refractivity contribution in [3.05, 3.63) is 34.4 Å². The molecule has 0 unspecified atom stereocenters. The molecule has 1 aromatic rings. The zero-order chi connectivity index (χ0) is 12.0. The molecule has 0 radical (unpaired) electrons. The molecule has 0 aliphatic carbocycles. The largest absolute Gasteiger partial charge is 0.320 e. The van der Waals surface area contributed by atoms with Gasteiger partial charge >= 0.3 is 0 Å². The molecule has 0 atom stereocenters. The number of carbonyl (C=O) groups excluding carboxylic acids is 1. The number of para-hydroxylation sites is 2. The Labute approximate surface area is 101 Å². The van der Waals surface area contributed by atoms with E-state index < -0.39 is 4.92 Å². The number of nitrogens with zero attached hydrogens (tertiary/aromatic N) is 1. The highest BCUT2D eigenvalue weighted by molar-refractivity contribution is 9.09. The third kappa shape index (κ3) is 3.62. The maximum Gasteiger partial charge on any atom is 0.292 e. The number of halogens is 1. The molecule has 1 N–H and O–H groups in total. The summed E-state index contributed by atoms with van der Waals surface area (Å²) in [6, 6.07) is 6.09. The SMILES string of the molecule is O=C(CCCBr)Nc1ccccc1[N+](=O)[O-]. The highest BCUT2D eigenvalue weighted by Crippen LogP contribution is 2.23. The molecule has 0 aliphatic heterocycles. The van der Waals surface area contributed by atoms with E-state index >= 15 is 0 Å². The number of carbonyl (C=O) groups is 1. The first kappa shape index (κ1) is 12.6. The quantitative estimate of drug-likeness (QED) is 0.514. The van der Waals surface area contributed by atoms with Crippen molar-refractivity contribution < 1.29 is 9.72 Å². The molecule has 0 aliphatic rings. The molecule has 6 heteroatoms. The van der Waals surface area contributed by atoms with Gasteiger partial charge in [-0.25, -0.2) is 0 Å². The van der Waals surface area contributed by atoms with E-state index in [9.17, 15) is 14.9 Å². The van der Waals surface area contributed by atoms with E-state index in [-0.39, 0.29) is 17.3 Å². The Kier molecular flexibility index (Phi) is 4.91. The number of anilines is 1. The van der Waals surface area contributed by atoms with Gasteiger partial charge in [-0.05, 0) is 12.5 Å². The molecule has 1 aromatic carbocycles. The molecule has 1 amide bonds. The maximum absolute atomic E-state index is 11.4. The van der Waals surface area contributed by atoms with Crippen LogP contribution in [-0.2, 0) is 4.79 Å². The monoisotopic (exact) mass is 286 g/mol. The Morgan fingerprint density at radius 1 is 1.44 bits per heavy atom. The maximum atomic E-state index is 11.4. The minimum atomic E-state index is -0.514. The van der Waals surface area contributed by atoms with Crippen molar-refractivity contribution in [2.75, 3.05) is 10.6 Å². The Hall–Kier alpha value is -1.43. The molecule has 1 rings (SSSR count).